The predicted octanol–water partition coefficient (Wildman–Crippen LogP) is 0.942. The highest BCUT2D eigenvalue weighted by Crippen LogP contribution is 2.58. The number of fused-ring (bicyclic) bond motifs is 3. The molecule has 0 saturated heterocycles. The molecule has 0 unspecified atom stereocenters. The number of likely N-dealkylation sites (N-methyl/N-ethyl adjacent to an activating group) is 1. The Balaban J connectivity index is 1.87. The second-order valence-electron chi connectivity index (χ2n) is 10.7. The molecule has 0 aliphatic heterocycles. The van der Waals surface area contributed by atoms with Crippen molar-refractivity contribution in [2.75, 3.05) is 14.1 Å². The van der Waals surface area contributed by atoms with Gasteiger partial charge in [0.1, 0.15) is 22.8 Å². The maximum Gasteiger partial charge on any atom is 0.255 e. The predicted molar refractivity (Wildman–Crippen MR) is 142 cm³/mol. The van der Waals surface area contributed by atoms with E-state index in [9.17, 15) is 35.0 Å². The summed E-state index contributed by atoms with van der Waals surface area (Å²) in [5, 5.41) is 44.0. The molecule has 2 aromatic rings. The van der Waals surface area contributed by atoms with Crippen molar-refractivity contribution in [2.24, 2.45) is 22.6 Å². The number of aryl methyl sites for hydroxylation is 1. The molecule has 1 fully saturated rings. The van der Waals surface area contributed by atoms with E-state index < -0.39 is 69.1 Å². The van der Waals surface area contributed by atoms with Crippen LogP contribution >= 0.6 is 11.3 Å². The van der Waals surface area contributed by atoms with E-state index in [1.54, 1.807) is 12.1 Å². The van der Waals surface area contributed by atoms with E-state index in [-0.39, 0.29) is 17.7 Å². The lowest BCUT2D eigenvalue weighted by molar-refractivity contribution is -0.139. The number of ketones is 2. The monoisotopic (exact) mass is 549 g/mol. The van der Waals surface area contributed by atoms with Gasteiger partial charge < -0.3 is 32.5 Å². The first-order chi connectivity index (χ1) is 18.2. The molecule has 9 N–H and O–H groups in total. The summed E-state index contributed by atoms with van der Waals surface area (Å²) in [7, 11) is 2.95. The van der Waals surface area contributed by atoms with Crippen LogP contribution in [0.25, 0.3) is 16.2 Å². The Morgan fingerprint density at radius 2 is 1.82 bits per heavy atom. The molecule has 1 aromatic carbocycles. The van der Waals surface area contributed by atoms with E-state index >= 15 is 0 Å². The fourth-order valence-corrected chi connectivity index (χ4v) is 7.56. The number of aliphatic hydroxyl groups is 2. The van der Waals surface area contributed by atoms with Crippen molar-refractivity contribution in [3.05, 3.63) is 57.2 Å². The van der Waals surface area contributed by atoms with Gasteiger partial charge in [-0.05, 0) is 69.3 Å². The molecular weight excluding hydrogens is 522 g/mol. The molecule has 3 aliphatic rings. The summed E-state index contributed by atoms with van der Waals surface area (Å²) < 4.78 is 0. The number of nitrogens with two attached hydrogens (primary N) is 3. The molecule has 11 nitrogen and oxygen atoms in total. The summed E-state index contributed by atoms with van der Waals surface area (Å²) in [5.74, 6) is -5.61. The van der Waals surface area contributed by atoms with Crippen LogP contribution in [0, 0.1) is 23.7 Å². The second kappa shape index (κ2) is 8.24. The minimum atomic E-state index is -2.68. The number of hydrogen-bond donors (Lipinski definition) is 6. The van der Waals surface area contributed by atoms with E-state index in [1.165, 1.54) is 36.4 Å². The Labute approximate surface area is 227 Å². The third-order valence-electron chi connectivity index (χ3n) is 8.14. The number of carbonyl (C=O) groups excluding carboxylic acids is 3. The van der Waals surface area contributed by atoms with E-state index in [0.717, 1.165) is 9.75 Å². The summed E-state index contributed by atoms with van der Waals surface area (Å²) in [5.41, 5.74) is 12.4. The molecule has 39 heavy (non-hydrogen) atoms. The molecule has 1 heterocycles. The van der Waals surface area contributed by atoms with Crippen LogP contribution in [0.15, 0.2) is 41.2 Å². The van der Waals surface area contributed by atoms with Crippen LogP contribution in [-0.4, -0.2) is 68.9 Å². The number of thiophene rings is 1. The van der Waals surface area contributed by atoms with Crippen LogP contribution in [0.4, 0.5) is 0 Å². The largest absolute Gasteiger partial charge is 0.509 e. The SMILES string of the molecule is Cc1ccc(-c2ccc(O)c3c2C[C@@]2(N)C[C@@]4(N)[C@H](N(C)C)C(=O)C(C(N)=O)=C(O)[C@@]4(C#N)C(=O)C2=C3O)s1. The summed E-state index contributed by atoms with van der Waals surface area (Å²) in [6.45, 7) is 1.93. The number of amides is 1. The van der Waals surface area contributed by atoms with Crippen LogP contribution in [0.2, 0.25) is 0 Å². The first-order valence-corrected chi connectivity index (χ1v) is 12.8. The second-order valence-corrected chi connectivity index (χ2v) is 12.0. The lowest BCUT2D eigenvalue weighted by atomic mass is 9.47. The van der Waals surface area contributed by atoms with Gasteiger partial charge in [0.05, 0.1) is 34.3 Å². The number of carbonyl (C=O) groups is 3. The Bertz CT molecular complexity index is 1620. The number of benzene rings is 1. The average molecular weight is 550 g/mol. The molecule has 1 saturated carbocycles. The molecule has 12 heteroatoms. The van der Waals surface area contributed by atoms with Crippen molar-refractivity contribution in [1.29, 1.82) is 5.26 Å². The fraction of sp³-hybridized carbons (Fsp3) is 0.333. The highest BCUT2D eigenvalue weighted by molar-refractivity contribution is 7.15. The molecule has 3 aliphatic carbocycles. The van der Waals surface area contributed by atoms with Crippen LogP contribution in [0.1, 0.15) is 22.4 Å². The topological polar surface area (TPSA) is 217 Å². The fourth-order valence-electron chi connectivity index (χ4n) is 6.64. The Morgan fingerprint density at radius 1 is 1.15 bits per heavy atom. The number of nitrogens with zero attached hydrogens (tertiary/aromatic N) is 2. The minimum absolute atomic E-state index is 0.0322. The van der Waals surface area contributed by atoms with Crippen LogP contribution in [0.3, 0.4) is 0 Å². The van der Waals surface area contributed by atoms with Gasteiger partial charge >= 0.3 is 0 Å². The van der Waals surface area contributed by atoms with Gasteiger partial charge in [0.15, 0.2) is 17.0 Å². The highest BCUT2D eigenvalue weighted by atomic mass is 32.1. The van der Waals surface area contributed by atoms with Crippen molar-refractivity contribution in [3.8, 4) is 22.3 Å². The number of phenolic OH excluding ortho intramolecular Hbond substituents is 1. The molecule has 5 rings (SSSR count). The summed E-state index contributed by atoms with van der Waals surface area (Å²) in [6.07, 6.45) is -0.502. The first-order valence-electron chi connectivity index (χ1n) is 12.0. The number of aromatic hydroxyl groups is 1. The molecule has 202 valence electrons. The molecule has 1 aromatic heterocycles. The zero-order chi connectivity index (χ0) is 28.8. The zero-order valence-corrected chi connectivity index (χ0v) is 22.2. The number of rotatable bonds is 3. The van der Waals surface area contributed by atoms with Gasteiger partial charge in [0, 0.05) is 9.75 Å². The number of hydrogen-bond acceptors (Lipinski definition) is 11. The number of primary amides is 1. The maximum absolute atomic E-state index is 14.3. The standard InChI is InChI=1S/C27H27N5O6S/c1-11-4-7-15(39-11)12-5-6-14(33)16-13(12)8-25(30)9-27(31)21(32(2)3)20(35)17(24(29)38)22(36)26(27,10-28)23(37)18(25)19(16)34/h4-7,21,33-34,36H,8-9,30-31H2,1-3H3,(H2,29,38)/t21-,25-,26+,27-/m1/s1. The summed E-state index contributed by atoms with van der Waals surface area (Å²) in [4.78, 5) is 43.3. The van der Waals surface area contributed by atoms with Crippen LogP contribution in [-0.2, 0) is 20.8 Å². The Kier molecular flexibility index (Phi) is 5.62. The van der Waals surface area contributed by atoms with Gasteiger partial charge in [-0.1, -0.05) is 0 Å². The number of aliphatic hydroxyl groups excluding tert-OH is 2. The van der Waals surface area contributed by atoms with Crippen molar-refractivity contribution in [2.45, 2.75) is 36.9 Å². The van der Waals surface area contributed by atoms with Crippen molar-refractivity contribution >= 4 is 34.6 Å². The minimum Gasteiger partial charge on any atom is -0.509 e. The van der Waals surface area contributed by atoms with Crippen molar-refractivity contribution in [3.63, 3.8) is 0 Å². The first kappa shape index (κ1) is 26.6. The molecule has 0 radical (unpaired) electrons. The van der Waals surface area contributed by atoms with Gasteiger partial charge in [-0.15, -0.1) is 11.3 Å². The lowest BCUT2D eigenvalue weighted by Crippen LogP contribution is -2.80. The molecular formula is C27H27N5O6S. The average Bonchev–Trinajstić information content (AvgIpc) is 3.23. The van der Waals surface area contributed by atoms with E-state index in [2.05, 4.69) is 0 Å². The molecule has 0 spiro atoms. The number of Topliss-reactive ketones (excluding diaryl/α,β-unsaturated/α-hetero) is 2. The van der Waals surface area contributed by atoms with Crippen LogP contribution < -0.4 is 17.2 Å². The summed E-state index contributed by atoms with van der Waals surface area (Å²) in [6, 6.07) is 7.19. The van der Waals surface area contributed by atoms with Crippen molar-refractivity contribution in [1.82, 2.24) is 4.90 Å². The Hall–Kier alpha value is -4.02. The third-order valence-corrected chi connectivity index (χ3v) is 9.17. The van der Waals surface area contributed by atoms with E-state index in [0.29, 0.717) is 11.1 Å². The van der Waals surface area contributed by atoms with Crippen molar-refractivity contribution < 1.29 is 29.7 Å². The molecule has 1 amide bonds. The van der Waals surface area contributed by atoms with Gasteiger partial charge in [-0.3, -0.25) is 19.3 Å². The lowest BCUT2D eigenvalue weighted by Gasteiger charge is -2.58. The highest BCUT2D eigenvalue weighted by Gasteiger charge is 2.74. The van der Waals surface area contributed by atoms with Gasteiger partial charge in [-0.25, -0.2) is 0 Å². The van der Waals surface area contributed by atoms with Gasteiger partial charge in [-0.2, -0.15) is 5.26 Å². The smallest absolute Gasteiger partial charge is 0.255 e. The van der Waals surface area contributed by atoms with E-state index in [4.69, 9.17) is 17.2 Å². The summed E-state index contributed by atoms with van der Waals surface area (Å²) >= 11 is 1.49. The maximum atomic E-state index is 14.3. The number of phenols is 1. The number of nitriles is 1. The zero-order valence-electron chi connectivity index (χ0n) is 21.4. The van der Waals surface area contributed by atoms with Gasteiger partial charge in [0.2, 0.25) is 0 Å². The van der Waals surface area contributed by atoms with E-state index in [1.807, 2.05) is 19.1 Å². The van der Waals surface area contributed by atoms with Crippen LogP contribution in [0.5, 0.6) is 5.75 Å². The third kappa shape index (κ3) is 3.15. The Morgan fingerprint density at radius 3 is 2.36 bits per heavy atom. The molecule has 4 atom stereocenters. The quantitative estimate of drug-likeness (QED) is 0.298. The normalized spacial score (nSPS) is 30.1. The van der Waals surface area contributed by atoms with Gasteiger partial charge in [0.25, 0.3) is 5.91 Å². The molecule has 0 bridgehead atoms.